The molecule has 0 amide bonds. The third-order valence-corrected chi connectivity index (χ3v) is 3.96. The first kappa shape index (κ1) is 14.8. The third-order valence-electron chi connectivity index (χ3n) is 3.96. The number of benzene rings is 1. The summed E-state index contributed by atoms with van der Waals surface area (Å²) in [6.07, 6.45) is 5.31. The normalized spacial score (nSPS) is 16.1. The van der Waals surface area contributed by atoms with Crippen LogP contribution in [0.3, 0.4) is 0 Å². The molecule has 0 atom stereocenters. The Labute approximate surface area is 117 Å². The maximum absolute atomic E-state index is 14.1. The van der Waals surface area contributed by atoms with Crippen molar-refractivity contribution in [1.29, 1.82) is 0 Å². The maximum atomic E-state index is 14.1. The lowest BCUT2D eigenvalue weighted by Crippen LogP contribution is -2.37. The standard InChI is InChI=1S/C15H19F2NO2/c1-2-18(10-6-4-3-5-7-10)12-9-8-11(15(19)20)13(16)14(12)17/h8-10H,2-7H2,1H3,(H,19,20). The summed E-state index contributed by atoms with van der Waals surface area (Å²) < 4.78 is 27.9. The van der Waals surface area contributed by atoms with Crippen LogP contribution in [0, 0.1) is 11.6 Å². The average molecular weight is 283 g/mol. The molecule has 1 aromatic rings. The van der Waals surface area contributed by atoms with Gasteiger partial charge >= 0.3 is 5.97 Å². The van der Waals surface area contributed by atoms with Gasteiger partial charge in [0.2, 0.25) is 0 Å². The zero-order chi connectivity index (χ0) is 14.7. The van der Waals surface area contributed by atoms with Gasteiger partial charge in [-0.05, 0) is 31.9 Å². The molecule has 1 aliphatic rings. The summed E-state index contributed by atoms with van der Waals surface area (Å²) in [5.41, 5.74) is -0.451. The molecule has 1 fully saturated rings. The Morgan fingerprint density at radius 2 is 1.90 bits per heavy atom. The van der Waals surface area contributed by atoms with Crippen LogP contribution in [0.4, 0.5) is 14.5 Å². The summed E-state index contributed by atoms with van der Waals surface area (Å²) in [6.45, 7) is 2.48. The lowest BCUT2D eigenvalue weighted by atomic mass is 9.93. The van der Waals surface area contributed by atoms with E-state index in [0.29, 0.717) is 6.54 Å². The summed E-state index contributed by atoms with van der Waals surface area (Å²) in [5, 5.41) is 8.81. The molecule has 20 heavy (non-hydrogen) atoms. The summed E-state index contributed by atoms with van der Waals surface area (Å²) in [7, 11) is 0. The van der Waals surface area contributed by atoms with Crippen LogP contribution >= 0.6 is 0 Å². The monoisotopic (exact) mass is 283 g/mol. The van der Waals surface area contributed by atoms with Gasteiger partial charge in [-0.2, -0.15) is 0 Å². The quantitative estimate of drug-likeness (QED) is 0.913. The minimum absolute atomic E-state index is 0.168. The Hall–Kier alpha value is -1.65. The largest absolute Gasteiger partial charge is 0.478 e. The van der Waals surface area contributed by atoms with Crippen LogP contribution in [0.25, 0.3) is 0 Å². The van der Waals surface area contributed by atoms with Gasteiger partial charge in [0.05, 0.1) is 11.3 Å². The third kappa shape index (κ3) is 2.76. The predicted molar refractivity (Wildman–Crippen MR) is 73.2 cm³/mol. The van der Waals surface area contributed by atoms with E-state index in [1.165, 1.54) is 12.5 Å². The van der Waals surface area contributed by atoms with Crippen LogP contribution < -0.4 is 4.90 Å². The van der Waals surface area contributed by atoms with Crippen molar-refractivity contribution < 1.29 is 18.7 Å². The van der Waals surface area contributed by atoms with Gasteiger partial charge in [-0.25, -0.2) is 13.6 Å². The molecule has 0 unspecified atom stereocenters. The number of anilines is 1. The Bertz CT molecular complexity index is 499. The zero-order valence-corrected chi connectivity index (χ0v) is 11.5. The fourth-order valence-electron chi connectivity index (χ4n) is 2.94. The summed E-state index contributed by atoms with van der Waals surface area (Å²) in [4.78, 5) is 12.7. The van der Waals surface area contributed by atoms with Crippen molar-refractivity contribution in [2.45, 2.75) is 45.1 Å². The number of carboxylic acids is 1. The van der Waals surface area contributed by atoms with Crippen LogP contribution in [-0.4, -0.2) is 23.7 Å². The van der Waals surface area contributed by atoms with Gasteiger partial charge in [0.1, 0.15) is 0 Å². The van der Waals surface area contributed by atoms with Crippen LogP contribution in [0.5, 0.6) is 0 Å². The fourth-order valence-corrected chi connectivity index (χ4v) is 2.94. The topological polar surface area (TPSA) is 40.5 Å². The summed E-state index contributed by atoms with van der Waals surface area (Å²) in [6, 6.07) is 2.72. The summed E-state index contributed by atoms with van der Waals surface area (Å²) >= 11 is 0. The molecule has 0 radical (unpaired) electrons. The number of rotatable bonds is 4. The molecule has 0 aliphatic heterocycles. The highest BCUT2D eigenvalue weighted by Crippen LogP contribution is 2.30. The van der Waals surface area contributed by atoms with E-state index in [9.17, 15) is 13.6 Å². The van der Waals surface area contributed by atoms with Gasteiger partial charge in [-0.3, -0.25) is 0 Å². The van der Waals surface area contributed by atoms with E-state index in [-0.39, 0.29) is 11.7 Å². The number of hydrogen-bond acceptors (Lipinski definition) is 2. The minimum Gasteiger partial charge on any atom is -0.478 e. The molecule has 1 aromatic carbocycles. The van der Waals surface area contributed by atoms with E-state index >= 15 is 0 Å². The Morgan fingerprint density at radius 3 is 2.45 bits per heavy atom. The first-order valence-electron chi connectivity index (χ1n) is 7.04. The molecule has 110 valence electrons. The van der Waals surface area contributed by atoms with Gasteiger partial charge in [-0.15, -0.1) is 0 Å². The molecule has 1 aliphatic carbocycles. The molecule has 0 saturated heterocycles. The van der Waals surface area contributed by atoms with E-state index in [4.69, 9.17) is 5.11 Å². The smallest absolute Gasteiger partial charge is 0.338 e. The van der Waals surface area contributed by atoms with Gasteiger partial charge in [0.25, 0.3) is 0 Å². The fraction of sp³-hybridized carbons (Fsp3) is 0.533. The Morgan fingerprint density at radius 1 is 1.25 bits per heavy atom. The first-order chi connectivity index (χ1) is 9.56. The van der Waals surface area contributed by atoms with Crippen LogP contribution in [0.2, 0.25) is 0 Å². The number of carbonyl (C=O) groups is 1. The molecular formula is C15H19F2NO2. The van der Waals surface area contributed by atoms with Gasteiger partial charge in [0.15, 0.2) is 11.6 Å². The van der Waals surface area contributed by atoms with Gasteiger partial charge in [-0.1, -0.05) is 19.3 Å². The molecule has 0 aromatic heterocycles. The molecular weight excluding hydrogens is 264 g/mol. The van der Waals surface area contributed by atoms with E-state index in [0.717, 1.165) is 31.7 Å². The molecule has 0 heterocycles. The second-order valence-corrected chi connectivity index (χ2v) is 5.14. The van der Waals surface area contributed by atoms with E-state index in [1.54, 1.807) is 0 Å². The van der Waals surface area contributed by atoms with Crippen molar-refractivity contribution in [1.82, 2.24) is 0 Å². The highest BCUT2D eigenvalue weighted by atomic mass is 19.2. The van der Waals surface area contributed by atoms with Crippen molar-refractivity contribution in [2.24, 2.45) is 0 Å². The highest BCUT2D eigenvalue weighted by molar-refractivity contribution is 5.88. The van der Waals surface area contributed by atoms with Crippen LogP contribution in [-0.2, 0) is 0 Å². The molecule has 5 heteroatoms. The van der Waals surface area contributed by atoms with Crippen molar-refractivity contribution in [3.8, 4) is 0 Å². The lowest BCUT2D eigenvalue weighted by molar-refractivity contribution is 0.0690. The second-order valence-electron chi connectivity index (χ2n) is 5.14. The van der Waals surface area contributed by atoms with Crippen molar-refractivity contribution in [2.75, 3.05) is 11.4 Å². The Kier molecular flexibility index (Phi) is 4.57. The first-order valence-corrected chi connectivity index (χ1v) is 7.04. The molecule has 3 nitrogen and oxygen atoms in total. The maximum Gasteiger partial charge on any atom is 0.338 e. The van der Waals surface area contributed by atoms with E-state index < -0.39 is 23.2 Å². The van der Waals surface area contributed by atoms with Crippen LogP contribution in [0.1, 0.15) is 49.4 Å². The van der Waals surface area contributed by atoms with E-state index in [2.05, 4.69) is 0 Å². The minimum atomic E-state index is -1.45. The Balaban J connectivity index is 2.34. The SMILES string of the molecule is CCN(c1ccc(C(=O)O)c(F)c1F)C1CCCCC1. The number of hydrogen-bond donors (Lipinski definition) is 1. The van der Waals surface area contributed by atoms with Gasteiger partial charge in [0, 0.05) is 12.6 Å². The van der Waals surface area contributed by atoms with Gasteiger partial charge < -0.3 is 10.0 Å². The molecule has 1 N–H and O–H groups in total. The van der Waals surface area contributed by atoms with Crippen molar-refractivity contribution >= 4 is 11.7 Å². The number of carboxylic acid groups (broad SMARTS) is 1. The zero-order valence-electron chi connectivity index (χ0n) is 11.5. The van der Waals surface area contributed by atoms with Crippen LogP contribution in [0.15, 0.2) is 12.1 Å². The predicted octanol–water partition coefficient (Wildman–Crippen LogP) is 3.82. The number of nitrogens with zero attached hydrogens (tertiary/aromatic N) is 1. The van der Waals surface area contributed by atoms with Crippen molar-refractivity contribution in [3.05, 3.63) is 29.3 Å². The average Bonchev–Trinajstić information content (AvgIpc) is 2.45. The highest BCUT2D eigenvalue weighted by Gasteiger charge is 2.25. The molecule has 0 bridgehead atoms. The second kappa shape index (κ2) is 6.20. The van der Waals surface area contributed by atoms with Crippen molar-refractivity contribution in [3.63, 3.8) is 0 Å². The van der Waals surface area contributed by atoms with E-state index in [1.807, 2.05) is 11.8 Å². The lowest BCUT2D eigenvalue weighted by Gasteiger charge is -2.35. The number of aromatic carboxylic acids is 1. The molecule has 0 spiro atoms. The number of halogens is 2. The molecule has 1 saturated carbocycles. The molecule has 2 rings (SSSR count). The summed E-state index contributed by atoms with van der Waals surface area (Å²) in [5.74, 6) is -3.78.